The van der Waals surface area contributed by atoms with Gasteiger partial charge in [-0.05, 0) is 5.41 Å². The van der Waals surface area contributed by atoms with Crippen molar-refractivity contribution >= 4 is 11.9 Å². The molecule has 0 fully saturated rings. The van der Waals surface area contributed by atoms with Gasteiger partial charge in [0.05, 0.1) is 0 Å². The van der Waals surface area contributed by atoms with Crippen molar-refractivity contribution in [3.63, 3.8) is 0 Å². The maximum Gasteiger partial charge on any atom is 0.326 e. The first-order chi connectivity index (χ1) is 6.16. The molecule has 2 N–H and O–H groups in total. The molecule has 0 aromatic rings. The van der Waals surface area contributed by atoms with E-state index in [2.05, 4.69) is 5.32 Å². The second kappa shape index (κ2) is 4.44. The zero-order chi connectivity index (χ0) is 11.5. The lowest BCUT2D eigenvalue weighted by Crippen LogP contribution is -2.50. The van der Waals surface area contributed by atoms with Crippen LogP contribution in [0.25, 0.3) is 0 Å². The van der Waals surface area contributed by atoms with Crippen LogP contribution in [-0.4, -0.2) is 23.0 Å². The Balaban J connectivity index is 4.56. The van der Waals surface area contributed by atoms with Gasteiger partial charge in [0.25, 0.3) is 0 Å². The van der Waals surface area contributed by atoms with Gasteiger partial charge in [0.2, 0.25) is 5.91 Å². The Hall–Kier alpha value is -1.06. The zero-order valence-corrected chi connectivity index (χ0v) is 9.42. The average Bonchev–Trinajstić information content (AvgIpc) is 1.96. The molecule has 0 radical (unpaired) electrons. The highest BCUT2D eigenvalue weighted by Gasteiger charge is 2.32. The predicted octanol–water partition coefficient (Wildman–Crippen LogP) is 1.26. The first kappa shape index (κ1) is 12.9. The largest absolute Gasteiger partial charge is 0.480 e. The average molecular weight is 201 g/mol. The lowest BCUT2D eigenvalue weighted by Gasteiger charge is -2.28. The first-order valence-electron chi connectivity index (χ1n) is 4.69. The van der Waals surface area contributed by atoms with E-state index in [0.29, 0.717) is 0 Å². The number of rotatable bonds is 3. The summed E-state index contributed by atoms with van der Waals surface area (Å²) in [7, 11) is 0. The summed E-state index contributed by atoms with van der Waals surface area (Å²) in [6.45, 7) is 8.82. The van der Waals surface area contributed by atoms with E-state index in [9.17, 15) is 9.59 Å². The molecular weight excluding hydrogens is 182 g/mol. The lowest BCUT2D eigenvalue weighted by atomic mass is 9.86. The Morgan fingerprint density at radius 1 is 1.21 bits per heavy atom. The zero-order valence-electron chi connectivity index (χ0n) is 9.42. The summed E-state index contributed by atoms with van der Waals surface area (Å²) in [5.74, 6) is -1.42. The molecule has 1 amide bonds. The van der Waals surface area contributed by atoms with Gasteiger partial charge in [0.15, 0.2) is 0 Å². The molecule has 82 valence electrons. The van der Waals surface area contributed by atoms with Crippen molar-refractivity contribution < 1.29 is 14.7 Å². The van der Waals surface area contributed by atoms with Gasteiger partial charge in [0.1, 0.15) is 6.04 Å². The summed E-state index contributed by atoms with van der Waals surface area (Å²) in [6.07, 6.45) is 0. The van der Waals surface area contributed by atoms with E-state index in [4.69, 9.17) is 5.11 Å². The molecule has 14 heavy (non-hydrogen) atoms. The van der Waals surface area contributed by atoms with Crippen LogP contribution in [-0.2, 0) is 9.59 Å². The molecule has 0 aromatic heterocycles. The quantitative estimate of drug-likeness (QED) is 0.722. The van der Waals surface area contributed by atoms with Crippen LogP contribution in [0, 0.1) is 11.3 Å². The third-order valence-corrected chi connectivity index (χ3v) is 1.92. The summed E-state index contributed by atoms with van der Waals surface area (Å²) < 4.78 is 0. The van der Waals surface area contributed by atoms with E-state index in [1.165, 1.54) is 0 Å². The summed E-state index contributed by atoms with van der Waals surface area (Å²) in [6, 6.07) is -0.836. The number of carbonyl (C=O) groups is 2. The molecule has 4 heteroatoms. The standard InChI is InChI=1S/C10H19NO3/c1-6(2)8(12)11-7(9(13)14)10(3,4)5/h6-7H,1-5H3,(H,11,12)(H,13,14). The van der Waals surface area contributed by atoms with Gasteiger partial charge < -0.3 is 10.4 Å². The van der Waals surface area contributed by atoms with Crippen LogP contribution >= 0.6 is 0 Å². The second-order valence-electron chi connectivity index (χ2n) is 4.80. The van der Waals surface area contributed by atoms with E-state index in [1.54, 1.807) is 34.6 Å². The molecule has 0 saturated heterocycles. The van der Waals surface area contributed by atoms with Crippen LogP contribution < -0.4 is 5.32 Å². The van der Waals surface area contributed by atoms with Gasteiger partial charge in [-0.1, -0.05) is 34.6 Å². The van der Waals surface area contributed by atoms with Crippen LogP contribution in [0.1, 0.15) is 34.6 Å². The SMILES string of the molecule is CC(C)C(=O)NC(C(=O)O)C(C)(C)C. The second-order valence-corrected chi connectivity index (χ2v) is 4.80. The van der Waals surface area contributed by atoms with E-state index in [0.717, 1.165) is 0 Å². The topological polar surface area (TPSA) is 66.4 Å². The summed E-state index contributed by atoms with van der Waals surface area (Å²) >= 11 is 0. The van der Waals surface area contributed by atoms with Crippen LogP contribution in [0.2, 0.25) is 0 Å². The molecule has 0 aliphatic heterocycles. The minimum absolute atomic E-state index is 0.195. The van der Waals surface area contributed by atoms with Crippen LogP contribution in [0.4, 0.5) is 0 Å². The number of nitrogens with one attached hydrogen (secondary N) is 1. The van der Waals surface area contributed by atoms with Crippen molar-refractivity contribution in [2.24, 2.45) is 11.3 Å². The van der Waals surface area contributed by atoms with Gasteiger partial charge in [-0.3, -0.25) is 4.79 Å². The maximum atomic E-state index is 11.3. The highest BCUT2D eigenvalue weighted by Crippen LogP contribution is 2.19. The molecular formula is C10H19NO3. The molecule has 1 unspecified atom stereocenters. The number of amides is 1. The van der Waals surface area contributed by atoms with Gasteiger partial charge in [-0.2, -0.15) is 0 Å². The molecule has 1 atom stereocenters. The molecule has 0 aliphatic rings. The molecule has 0 aromatic carbocycles. The molecule has 0 aliphatic carbocycles. The van der Waals surface area contributed by atoms with Crippen LogP contribution in [0.5, 0.6) is 0 Å². The molecule has 0 rings (SSSR count). The number of carboxylic acids is 1. The van der Waals surface area contributed by atoms with E-state index < -0.39 is 17.4 Å². The Morgan fingerprint density at radius 2 is 1.64 bits per heavy atom. The van der Waals surface area contributed by atoms with Crippen molar-refractivity contribution in [1.29, 1.82) is 0 Å². The third-order valence-electron chi connectivity index (χ3n) is 1.92. The Bertz CT molecular complexity index is 228. The van der Waals surface area contributed by atoms with Crippen molar-refractivity contribution in [1.82, 2.24) is 5.32 Å². The molecule has 0 saturated carbocycles. The monoisotopic (exact) mass is 201 g/mol. The Kier molecular flexibility index (Phi) is 4.10. The first-order valence-corrected chi connectivity index (χ1v) is 4.69. The fraction of sp³-hybridized carbons (Fsp3) is 0.800. The summed E-state index contributed by atoms with van der Waals surface area (Å²) in [5.41, 5.74) is -0.476. The highest BCUT2D eigenvalue weighted by atomic mass is 16.4. The minimum Gasteiger partial charge on any atom is -0.480 e. The number of carboxylic acid groups (broad SMARTS) is 1. The predicted molar refractivity (Wildman–Crippen MR) is 53.9 cm³/mol. The molecule has 0 spiro atoms. The Labute approximate surface area is 84.7 Å². The molecule has 0 bridgehead atoms. The fourth-order valence-corrected chi connectivity index (χ4v) is 0.958. The van der Waals surface area contributed by atoms with Crippen LogP contribution in [0.15, 0.2) is 0 Å². The van der Waals surface area contributed by atoms with E-state index in [-0.39, 0.29) is 11.8 Å². The van der Waals surface area contributed by atoms with Crippen molar-refractivity contribution in [2.75, 3.05) is 0 Å². The normalized spacial score (nSPS) is 13.9. The minimum atomic E-state index is -0.994. The van der Waals surface area contributed by atoms with Crippen molar-refractivity contribution in [2.45, 2.75) is 40.7 Å². The van der Waals surface area contributed by atoms with E-state index >= 15 is 0 Å². The smallest absolute Gasteiger partial charge is 0.326 e. The summed E-state index contributed by atoms with van der Waals surface area (Å²) in [4.78, 5) is 22.2. The van der Waals surface area contributed by atoms with Crippen LogP contribution in [0.3, 0.4) is 0 Å². The maximum absolute atomic E-state index is 11.3. The van der Waals surface area contributed by atoms with Gasteiger partial charge >= 0.3 is 5.97 Å². The van der Waals surface area contributed by atoms with Crippen molar-refractivity contribution in [3.05, 3.63) is 0 Å². The number of hydrogen-bond acceptors (Lipinski definition) is 2. The number of hydrogen-bond donors (Lipinski definition) is 2. The Morgan fingerprint density at radius 3 is 1.86 bits per heavy atom. The summed E-state index contributed by atoms with van der Waals surface area (Å²) in [5, 5.41) is 11.4. The number of aliphatic carboxylic acids is 1. The number of carbonyl (C=O) groups excluding carboxylic acids is 1. The van der Waals surface area contributed by atoms with Gasteiger partial charge in [-0.15, -0.1) is 0 Å². The highest BCUT2D eigenvalue weighted by molar-refractivity contribution is 5.85. The fourth-order valence-electron chi connectivity index (χ4n) is 0.958. The van der Waals surface area contributed by atoms with E-state index in [1.807, 2.05) is 0 Å². The van der Waals surface area contributed by atoms with Gasteiger partial charge in [0, 0.05) is 5.92 Å². The lowest BCUT2D eigenvalue weighted by molar-refractivity contribution is -0.145. The van der Waals surface area contributed by atoms with Crippen molar-refractivity contribution in [3.8, 4) is 0 Å². The molecule has 0 heterocycles. The third kappa shape index (κ3) is 3.77. The molecule has 4 nitrogen and oxygen atoms in total. The van der Waals surface area contributed by atoms with Gasteiger partial charge in [-0.25, -0.2) is 4.79 Å².